The molecule has 4 nitrogen and oxygen atoms in total. The molecule has 1 fully saturated rings. The van der Waals surface area contributed by atoms with Gasteiger partial charge >= 0.3 is 0 Å². The van der Waals surface area contributed by atoms with Crippen LogP contribution in [0, 0.1) is 3.57 Å². The maximum Gasteiger partial charge on any atom is 0.264 e. The summed E-state index contributed by atoms with van der Waals surface area (Å²) in [4.78, 5) is 19.2. The number of nitrogens with one attached hydrogen (secondary N) is 1. The van der Waals surface area contributed by atoms with Gasteiger partial charge in [0.25, 0.3) is 5.56 Å². The maximum absolute atomic E-state index is 11.7. The lowest BCUT2D eigenvalue weighted by Crippen LogP contribution is -2.23. The highest BCUT2D eigenvalue weighted by molar-refractivity contribution is 14.1. The van der Waals surface area contributed by atoms with Gasteiger partial charge in [-0.15, -0.1) is 0 Å². The van der Waals surface area contributed by atoms with Crippen molar-refractivity contribution < 1.29 is 4.74 Å². The van der Waals surface area contributed by atoms with Crippen molar-refractivity contribution in [2.24, 2.45) is 0 Å². The number of H-pyrrole nitrogens is 1. The summed E-state index contributed by atoms with van der Waals surface area (Å²) in [6, 6.07) is 0. The van der Waals surface area contributed by atoms with E-state index in [2.05, 4.69) is 32.6 Å². The number of hydrogen-bond donors (Lipinski definition) is 1. The van der Waals surface area contributed by atoms with Gasteiger partial charge in [-0.2, -0.15) is 0 Å². The first-order chi connectivity index (χ1) is 7.72. The zero-order valence-corrected chi connectivity index (χ0v) is 11.4. The minimum atomic E-state index is -0.00561. The van der Waals surface area contributed by atoms with Crippen molar-refractivity contribution in [2.45, 2.75) is 32.1 Å². The van der Waals surface area contributed by atoms with E-state index in [-0.39, 0.29) is 5.56 Å². The lowest BCUT2D eigenvalue weighted by atomic mass is 9.99. The van der Waals surface area contributed by atoms with Crippen molar-refractivity contribution >= 4 is 22.6 Å². The fraction of sp³-hybridized carbons (Fsp3) is 0.636. The lowest BCUT2D eigenvalue weighted by Gasteiger charge is -2.21. The minimum Gasteiger partial charge on any atom is -0.381 e. The molecule has 0 spiro atoms. The third-order valence-electron chi connectivity index (χ3n) is 2.89. The smallest absolute Gasteiger partial charge is 0.264 e. The Hall–Kier alpha value is -0.430. The van der Waals surface area contributed by atoms with Crippen molar-refractivity contribution in [1.29, 1.82) is 0 Å². The molecule has 0 radical (unpaired) electrons. The number of aromatic amines is 1. The second-order valence-corrected chi connectivity index (χ2v) is 5.03. The Morgan fingerprint density at radius 3 is 2.81 bits per heavy atom. The summed E-state index contributed by atoms with van der Waals surface area (Å²) in [6.07, 6.45) is 2.71. The number of aromatic nitrogens is 2. The van der Waals surface area contributed by atoms with E-state index < -0.39 is 0 Å². The summed E-state index contributed by atoms with van der Waals surface area (Å²) in [7, 11) is 0. The molecule has 1 aromatic heterocycles. The normalized spacial score (nSPS) is 17.6. The summed E-state index contributed by atoms with van der Waals surface area (Å²) in [6.45, 7) is 3.56. The van der Waals surface area contributed by atoms with E-state index in [1.54, 1.807) is 0 Å². The number of aryl methyl sites for hydroxylation is 1. The van der Waals surface area contributed by atoms with Crippen LogP contribution < -0.4 is 5.56 Å². The molecular formula is C11H15IN2O2. The van der Waals surface area contributed by atoms with Crippen LogP contribution >= 0.6 is 22.6 Å². The molecule has 0 atom stereocenters. The van der Waals surface area contributed by atoms with E-state index in [0.29, 0.717) is 5.92 Å². The van der Waals surface area contributed by atoms with Gasteiger partial charge in [0.15, 0.2) is 0 Å². The van der Waals surface area contributed by atoms with Gasteiger partial charge in [-0.25, -0.2) is 4.98 Å². The molecular weight excluding hydrogens is 319 g/mol. The van der Waals surface area contributed by atoms with E-state index in [9.17, 15) is 4.79 Å². The summed E-state index contributed by atoms with van der Waals surface area (Å²) >= 11 is 2.06. The molecule has 88 valence electrons. The van der Waals surface area contributed by atoms with Gasteiger partial charge in [0.05, 0.1) is 9.26 Å². The maximum atomic E-state index is 11.7. The summed E-state index contributed by atoms with van der Waals surface area (Å²) in [5, 5.41) is 0. The van der Waals surface area contributed by atoms with Crippen molar-refractivity contribution in [3.63, 3.8) is 0 Å². The van der Waals surface area contributed by atoms with Gasteiger partial charge < -0.3 is 9.72 Å². The minimum absolute atomic E-state index is 0.00561. The molecule has 0 amide bonds. The van der Waals surface area contributed by atoms with Crippen LogP contribution in [0.4, 0.5) is 0 Å². The number of halogens is 1. The topological polar surface area (TPSA) is 55.0 Å². The standard InChI is InChI=1S/C11H15IN2O2/c1-2-8-9(12)11(15)14-10(13-8)7-3-5-16-6-4-7/h7H,2-6H2,1H3,(H,13,14,15). The molecule has 0 bridgehead atoms. The highest BCUT2D eigenvalue weighted by Gasteiger charge is 2.19. The van der Waals surface area contributed by atoms with Crippen LogP contribution in [0.25, 0.3) is 0 Å². The van der Waals surface area contributed by atoms with Crippen LogP contribution in [-0.2, 0) is 11.2 Å². The summed E-state index contributed by atoms with van der Waals surface area (Å²) < 4.78 is 6.03. The molecule has 1 saturated heterocycles. The molecule has 5 heteroatoms. The molecule has 1 aromatic rings. The largest absolute Gasteiger partial charge is 0.381 e. The Bertz CT molecular complexity index is 424. The Morgan fingerprint density at radius 2 is 2.19 bits per heavy atom. The zero-order valence-electron chi connectivity index (χ0n) is 9.25. The van der Waals surface area contributed by atoms with E-state index in [1.165, 1.54) is 0 Å². The van der Waals surface area contributed by atoms with E-state index in [4.69, 9.17) is 4.74 Å². The molecule has 16 heavy (non-hydrogen) atoms. The molecule has 0 saturated carbocycles. The summed E-state index contributed by atoms with van der Waals surface area (Å²) in [5.74, 6) is 1.19. The van der Waals surface area contributed by atoms with Crippen LogP contribution in [0.1, 0.15) is 37.2 Å². The molecule has 0 aliphatic carbocycles. The first kappa shape index (κ1) is 12.0. The fourth-order valence-corrected chi connectivity index (χ4v) is 2.56. The molecule has 2 rings (SSSR count). The van der Waals surface area contributed by atoms with Crippen molar-refractivity contribution in [1.82, 2.24) is 9.97 Å². The molecule has 1 aliphatic rings. The first-order valence-electron chi connectivity index (χ1n) is 5.58. The second-order valence-electron chi connectivity index (χ2n) is 3.95. The predicted octanol–water partition coefficient (Wildman–Crippen LogP) is 1.83. The van der Waals surface area contributed by atoms with Gasteiger partial charge in [-0.05, 0) is 41.9 Å². The van der Waals surface area contributed by atoms with Gasteiger partial charge in [0, 0.05) is 19.1 Å². The second kappa shape index (κ2) is 5.27. The third kappa shape index (κ3) is 2.45. The van der Waals surface area contributed by atoms with E-state index in [1.807, 2.05) is 6.92 Å². The number of hydrogen-bond acceptors (Lipinski definition) is 3. The van der Waals surface area contributed by atoms with Gasteiger partial charge in [0.2, 0.25) is 0 Å². The predicted molar refractivity (Wildman–Crippen MR) is 69.7 cm³/mol. The number of nitrogens with zero attached hydrogens (tertiary/aromatic N) is 1. The monoisotopic (exact) mass is 334 g/mol. The van der Waals surface area contributed by atoms with Crippen molar-refractivity contribution in [3.8, 4) is 0 Å². The molecule has 2 heterocycles. The van der Waals surface area contributed by atoms with Crippen LogP contribution in [-0.4, -0.2) is 23.2 Å². The lowest BCUT2D eigenvalue weighted by molar-refractivity contribution is 0.0834. The highest BCUT2D eigenvalue weighted by Crippen LogP contribution is 2.23. The quantitative estimate of drug-likeness (QED) is 0.840. The van der Waals surface area contributed by atoms with Gasteiger partial charge in [-0.3, -0.25) is 4.79 Å². The van der Waals surface area contributed by atoms with Crippen molar-refractivity contribution in [2.75, 3.05) is 13.2 Å². The molecule has 0 unspecified atom stereocenters. The van der Waals surface area contributed by atoms with Crippen LogP contribution in [0.3, 0.4) is 0 Å². The SMILES string of the molecule is CCc1nc(C2CCOCC2)[nH]c(=O)c1I. The first-order valence-corrected chi connectivity index (χ1v) is 6.66. The van der Waals surface area contributed by atoms with Gasteiger partial charge in [0.1, 0.15) is 5.82 Å². The average molecular weight is 334 g/mol. The number of rotatable bonds is 2. The van der Waals surface area contributed by atoms with E-state index >= 15 is 0 Å². The highest BCUT2D eigenvalue weighted by atomic mass is 127. The van der Waals surface area contributed by atoms with Crippen molar-refractivity contribution in [3.05, 3.63) is 25.4 Å². The Balaban J connectivity index is 2.33. The Morgan fingerprint density at radius 1 is 1.50 bits per heavy atom. The van der Waals surface area contributed by atoms with Crippen LogP contribution in [0.5, 0.6) is 0 Å². The Labute approximate surface area is 108 Å². The summed E-state index contributed by atoms with van der Waals surface area (Å²) in [5.41, 5.74) is 0.903. The van der Waals surface area contributed by atoms with Gasteiger partial charge in [-0.1, -0.05) is 6.92 Å². The average Bonchev–Trinajstić information content (AvgIpc) is 2.33. The molecule has 1 aliphatic heterocycles. The van der Waals surface area contributed by atoms with Crippen LogP contribution in [0.15, 0.2) is 4.79 Å². The zero-order chi connectivity index (χ0) is 11.5. The van der Waals surface area contributed by atoms with Crippen LogP contribution in [0.2, 0.25) is 0 Å². The van der Waals surface area contributed by atoms with E-state index in [0.717, 1.165) is 47.6 Å². The fourth-order valence-electron chi connectivity index (χ4n) is 1.92. The third-order valence-corrected chi connectivity index (χ3v) is 4.01. The molecule has 0 aromatic carbocycles. The number of ether oxygens (including phenoxy) is 1. The Kier molecular flexibility index (Phi) is 3.96. The molecule has 1 N–H and O–H groups in total.